The molecular formula is C22H26N4O6. The van der Waals surface area contributed by atoms with E-state index < -0.39 is 28.6 Å². The molecule has 10 heteroatoms. The maximum Gasteiger partial charge on any atom is 0.273 e. The average Bonchev–Trinajstić information content (AvgIpc) is 3.27. The first-order chi connectivity index (χ1) is 15.1. The summed E-state index contributed by atoms with van der Waals surface area (Å²) in [5.41, 5.74) is 0.667. The molecule has 3 unspecified atom stereocenters. The highest BCUT2D eigenvalue weighted by atomic mass is 16.7. The van der Waals surface area contributed by atoms with Crippen molar-refractivity contribution < 1.29 is 24.2 Å². The van der Waals surface area contributed by atoms with E-state index in [2.05, 4.69) is 9.97 Å². The van der Waals surface area contributed by atoms with Crippen LogP contribution in [0.25, 0.3) is 11.0 Å². The van der Waals surface area contributed by atoms with Crippen molar-refractivity contribution in [2.75, 3.05) is 6.61 Å². The molecule has 0 saturated carbocycles. The van der Waals surface area contributed by atoms with Gasteiger partial charge in [-0.15, -0.1) is 0 Å². The van der Waals surface area contributed by atoms with Crippen molar-refractivity contribution in [3.63, 3.8) is 0 Å². The van der Waals surface area contributed by atoms with Crippen molar-refractivity contribution in [1.82, 2.24) is 14.5 Å². The Bertz CT molecular complexity index is 1140. The second-order valence-electron chi connectivity index (χ2n) is 8.63. The summed E-state index contributed by atoms with van der Waals surface area (Å²) in [4.78, 5) is 19.2. The Balaban J connectivity index is 1.59. The van der Waals surface area contributed by atoms with Crippen LogP contribution in [-0.2, 0) is 9.47 Å². The molecule has 2 aromatic heterocycles. The summed E-state index contributed by atoms with van der Waals surface area (Å²) in [6, 6.07) is 7.91. The quantitative estimate of drug-likeness (QED) is 0.335. The minimum Gasteiger partial charge on any atom is -0.491 e. The molecule has 1 aliphatic rings. The normalized spacial score (nSPS) is 23.5. The van der Waals surface area contributed by atoms with Gasteiger partial charge in [0.1, 0.15) is 42.3 Å². The van der Waals surface area contributed by atoms with Crippen LogP contribution in [0.2, 0.25) is 0 Å². The number of fused-ring (bicyclic) bond motifs is 1. The Kier molecular flexibility index (Phi) is 5.61. The van der Waals surface area contributed by atoms with E-state index in [1.165, 1.54) is 18.5 Å². The van der Waals surface area contributed by atoms with Crippen molar-refractivity contribution in [1.29, 1.82) is 0 Å². The molecule has 1 fully saturated rings. The zero-order valence-electron chi connectivity index (χ0n) is 18.4. The third-order valence-electron chi connectivity index (χ3n) is 5.51. The van der Waals surface area contributed by atoms with Gasteiger partial charge in [0.05, 0.1) is 16.7 Å². The lowest BCUT2D eigenvalue weighted by Gasteiger charge is -2.35. The van der Waals surface area contributed by atoms with Gasteiger partial charge in [-0.25, -0.2) is 9.97 Å². The van der Waals surface area contributed by atoms with Crippen molar-refractivity contribution in [2.24, 2.45) is 0 Å². The van der Waals surface area contributed by atoms with Gasteiger partial charge in [0.25, 0.3) is 5.69 Å². The number of nitro benzene ring substituents is 1. The van der Waals surface area contributed by atoms with E-state index in [0.717, 1.165) is 16.7 Å². The Morgan fingerprint density at radius 2 is 2.16 bits per heavy atom. The fourth-order valence-corrected chi connectivity index (χ4v) is 4.11. The lowest BCUT2D eigenvalue weighted by Crippen LogP contribution is -2.47. The number of non-ortho nitro benzene ring substituents is 1. The number of benzene rings is 1. The molecule has 1 N–H and O–H groups in total. The van der Waals surface area contributed by atoms with Gasteiger partial charge in [0, 0.05) is 24.1 Å². The van der Waals surface area contributed by atoms with E-state index >= 15 is 0 Å². The first kappa shape index (κ1) is 22.1. The first-order valence-corrected chi connectivity index (χ1v) is 10.3. The SMILES string of the molecule is Cc1ncnc2c1ccn2C1CC(C)(OC(C)(C)O)C(COc2cccc([N+](=O)[O-])c2)O1. The second kappa shape index (κ2) is 8.12. The Labute approximate surface area is 184 Å². The summed E-state index contributed by atoms with van der Waals surface area (Å²) in [7, 11) is 0. The molecule has 32 heavy (non-hydrogen) atoms. The highest BCUT2D eigenvalue weighted by molar-refractivity contribution is 5.78. The molecule has 3 aromatic rings. The molecule has 4 rings (SSSR count). The van der Waals surface area contributed by atoms with E-state index in [9.17, 15) is 15.2 Å². The molecular weight excluding hydrogens is 416 g/mol. The minimum atomic E-state index is -1.39. The Hall–Kier alpha value is -3.08. The van der Waals surface area contributed by atoms with Crippen molar-refractivity contribution >= 4 is 16.7 Å². The minimum absolute atomic E-state index is 0.0583. The molecule has 1 aliphatic heterocycles. The van der Waals surface area contributed by atoms with E-state index in [-0.39, 0.29) is 12.3 Å². The van der Waals surface area contributed by atoms with Gasteiger partial charge in [0.2, 0.25) is 0 Å². The van der Waals surface area contributed by atoms with Gasteiger partial charge < -0.3 is 23.9 Å². The maximum absolute atomic E-state index is 11.0. The third-order valence-corrected chi connectivity index (χ3v) is 5.51. The summed E-state index contributed by atoms with van der Waals surface area (Å²) in [5, 5.41) is 22.3. The fraction of sp³-hybridized carbons (Fsp3) is 0.455. The zero-order valence-corrected chi connectivity index (χ0v) is 18.4. The van der Waals surface area contributed by atoms with Crippen molar-refractivity contribution in [3.8, 4) is 5.75 Å². The lowest BCUT2D eigenvalue weighted by molar-refractivity contribution is -0.384. The highest BCUT2D eigenvalue weighted by Gasteiger charge is 2.50. The molecule has 10 nitrogen and oxygen atoms in total. The summed E-state index contributed by atoms with van der Waals surface area (Å²) >= 11 is 0. The van der Waals surface area contributed by atoms with Crippen LogP contribution in [0.3, 0.4) is 0 Å². The molecule has 3 heterocycles. The van der Waals surface area contributed by atoms with E-state index in [1.54, 1.807) is 26.0 Å². The Morgan fingerprint density at radius 1 is 1.38 bits per heavy atom. The van der Waals surface area contributed by atoms with Crippen molar-refractivity contribution in [2.45, 2.75) is 57.8 Å². The molecule has 0 amide bonds. The van der Waals surface area contributed by atoms with Crippen LogP contribution in [-0.4, -0.2) is 48.7 Å². The number of aryl methyl sites for hydroxylation is 1. The number of nitro groups is 1. The van der Waals surface area contributed by atoms with Crippen LogP contribution in [0.15, 0.2) is 42.9 Å². The largest absolute Gasteiger partial charge is 0.491 e. The molecule has 0 aliphatic carbocycles. The molecule has 170 valence electrons. The summed E-state index contributed by atoms with van der Waals surface area (Å²) < 4.78 is 20.1. The smallest absolute Gasteiger partial charge is 0.273 e. The molecule has 1 aromatic carbocycles. The summed E-state index contributed by atoms with van der Waals surface area (Å²) in [6.07, 6.45) is 2.88. The van der Waals surface area contributed by atoms with E-state index in [0.29, 0.717) is 12.2 Å². The van der Waals surface area contributed by atoms with Gasteiger partial charge in [-0.1, -0.05) is 6.07 Å². The number of hydrogen-bond donors (Lipinski definition) is 1. The predicted octanol–water partition coefficient (Wildman–Crippen LogP) is 3.52. The van der Waals surface area contributed by atoms with Gasteiger partial charge in [-0.3, -0.25) is 10.1 Å². The third kappa shape index (κ3) is 4.43. The fourth-order valence-electron chi connectivity index (χ4n) is 4.11. The lowest BCUT2D eigenvalue weighted by atomic mass is 9.96. The molecule has 0 radical (unpaired) electrons. The Morgan fingerprint density at radius 3 is 2.88 bits per heavy atom. The monoisotopic (exact) mass is 442 g/mol. The first-order valence-electron chi connectivity index (χ1n) is 10.3. The van der Waals surface area contributed by atoms with Crippen LogP contribution in [0, 0.1) is 17.0 Å². The zero-order chi connectivity index (χ0) is 23.1. The van der Waals surface area contributed by atoms with Crippen molar-refractivity contribution in [3.05, 3.63) is 58.7 Å². The predicted molar refractivity (Wildman–Crippen MR) is 115 cm³/mol. The molecule has 1 saturated heterocycles. The van der Waals surface area contributed by atoms with E-state index in [4.69, 9.17) is 14.2 Å². The number of nitrogens with zero attached hydrogens (tertiary/aromatic N) is 4. The summed E-state index contributed by atoms with van der Waals surface area (Å²) in [5.74, 6) is -1.04. The second-order valence-corrected chi connectivity index (χ2v) is 8.63. The van der Waals surface area contributed by atoms with Crippen LogP contribution in [0.4, 0.5) is 5.69 Å². The van der Waals surface area contributed by atoms with Gasteiger partial charge in [-0.05, 0) is 39.8 Å². The van der Waals surface area contributed by atoms with Crippen LogP contribution < -0.4 is 4.74 Å². The highest BCUT2D eigenvalue weighted by Crippen LogP contribution is 2.42. The van der Waals surface area contributed by atoms with Gasteiger partial charge >= 0.3 is 0 Å². The van der Waals surface area contributed by atoms with Crippen LogP contribution in [0.5, 0.6) is 5.75 Å². The number of hydrogen-bond acceptors (Lipinski definition) is 8. The summed E-state index contributed by atoms with van der Waals surface area (Å²) in [6.45, 7) is 6.98. The average molecular weight is 442 g/mol. The van der Waals surface area contributed by atoms with Gasteiger partial charge in [0.15, 0.2) is 5.79 Å². The number of aliphatic hydroxyl groups is 1. The van der Waals surface area contributed by atoms with Gasteiger partial charge in [-0.2, -0.15) is 0 Å². The maximum atomic E-state index is 11.0. The number of ether oxygens (including phenoxy) is 3. The number of aromatic nitrogens is 3. The topological polar surface area (TPSA) is 122 Å². The van der Waals surface area contributed by atoms with Crippen LogP contribution in [0.1, 0.15) is 39.1 Å². The molecule has 0 spiro atoms. The van der Waals surface area contributed by atoms with E-state index in [1.807, 2.05) is 30.7 Å². The number of rotatable bonds is 7. The standard InChI is InChI=1S/C22H26N4O6/c1-14-17-8-9-25(20(17)24-13-23-14)19-11-22(4,32-21(2,3)27)18(31-19)12-30-16-7-5-6-15(10-16)26(28)29/h5-10,13,18-19,27H,11-12H2,1-4H3. The molecule has 0 bridgehead atoms. The van der Waals surface area contributed by atoms with Crippen LogP contribution >= 0.6 is 0 Å². The molecule has 3 atom stereocenters.